The van der Waals surface area contributed by atoms with Crippen LogP contribution in [0.4, 0.5) is 0 Å². The predicted molar refractivity (Wildman–Crippen MR) is 79.2 cm³/mol. The van der Waals surface area contributed by atoms with Gasteiger partial charge >= 0.3 is 0 Å². The summed E-state index contributed by atoms with van der Waals surface area (Å²) < 4.78 is 0. The molecule has 4 N–H and O–H groups in total. The maximum atomic E-state index is 12.0. The summed E-state index contributed by atoms with van der Waals surface area (Å²) in [7, 11) is 0. The maximum absolute atomic E-state index is 12.0. The number of amides is 2. The lowest BCUT2D eigenvalue weighted by atomic mass is 10.1. The third-order valence-electron chi connectivity index (χ3n) is 3.06. The number of benzene rings is 1. The van der Waals surface area contributed by atoms with Crippen LogP contribution in [-0.2, 0) is 11.3 Å². The molecule has 1 aromatic carbocycles. The van der Waals surface area contributed by atoms with Gasteiger partial charge in [0.05, 0.1) is 6.04 Å². The van der Waals surface area contributed by atoms with Crippen LogP contribution in [0.5, 0.6) is 0 Å². The van der Waals surface area contributed by atoms with Crippen molar-refractivity contribution in [2.45, 2.75) is 45.8 Å². The monoisotopic (exact) mass is 277 g/mol. The number of carbonyl (C=O) groups is 2. The molecular weight excluding hydrogens is 254 g/mol. The Morgan fingerprint density at radius 2 is 2.00 bits per heavy atom. The molecule has 0 heterocycles. The summed E-state index contributed by atoms with van der Waals surface area (Å²) in [6.45, 7) is 5.98. The standard InChI is InChI=1S/C15H23N3O2/c1-4-10(2)18-15(20)13-7-5-6-12(8-13)9-17-14(19)11(3)16/h5-8,10-11H,4,9,16H2,1-3H3,(H,17,19)(H,18,20)/t10?,11-/m1/s1. The lowest BCUT2D eigenvalue weighted by molar-refractivity contribution is -0.122. The highest BCUT2D eigenvalue weighted by Gasteiger charge is 2.10. The van der Waals surface area contributed by atoms with E-state index in [2.05, 4.69) is 10.6 Å². The molecule has 5 heteroatoms. The minimum absolute atomic E-state index is 0.0975. The molecule has 20 heavy (non-hydrogen) atoms. The molecule has 0 bridgehead atoms. The molecule has 110 valence electrons. The minimum Gasteiger partial charge on any atom is -0.351 e. The van der Waals surface area contributed by atoms with Gasteiger partial charge in [0.25, 0.3) is 5.91 Å². The molecule has 0 aromatic heterocycles. The highest BCUT2D eigenvalue weighted by atomic mass is 16.2. The fourth-order valence-corrected chi connectivity index (χ4v) is 1.58. The topological polar surface area (TPSA) is 84.2 Å². The van der Waals surface area contributed by atoms with Crippen molar-refractivity contribution in [2.75, 3.05) is 0 Å². The molecule has 2 atom stereocenters. The molecule has 0 aliphatic heterocycles. The zero-order chi connectivity index (χ0) is 15.1. The predicted octanol–water partition coefficient (Wildman–Crippen LogP) is 1.18. The van der Waals surface area contributed by atoms with E-state index in [1.165, 1.54) is 0 Å². The van der Waals surface area contributed by atoms with Crippen molar-refractivity contribution >= 4 is 11.8 Å². The first kappa shape index (κ1) is 16.2. The van der Waals surface area contributed by atoms with E-state index >= 15 is 0 Å². The Bertz CT molecular complexity index is 472. The van der Waals surface area contributed by atoms with E-state index in [9.17, 15) is 9.59 Å². The van der Waals surface area contributed by atoms with Crippen LogP contribution < -0.4 is 16.4 Å². The van der Waals surface area contributed by atoms with Gasteiger partial charge in [-0.25, -0.2) is 0 Å². The third-order valence-corrected chi connectivity index (χ3v) is 3.06. The maximum Gasteiger partial charge on any atom is 0.251 e. The average Bonchev–Trinajstić information content (AvgIpc) is 2.44. The van der Waals surface area contributed by atoms with Crippen molar-refractivity contribution in [3.05, 3.63) is 35.4 Å². The van der Waals surface area contributed by atoms with Gasteiger partial charge in [0.15, 0.2) is 0 Å². The molecule has 0 saturated heterocycles. The number of hydrogen-bond acceptors (Lipinski definition) is 3. The molecule has 0 aliphatic rings. The SMILES string of the molecule is CCC(C)NC(=O)c1cccc(CNC(=O)[C@@H](C)N)c1. The summed E-state index contributed by atoms with van der Waals surface area (Å²) in [6.07, 6.45) is 0.885. The molecular formula is C15H23N3O2. The first-order chi connectivity index (χ1) is 9.43. The van der Waals surface area contributed by atoms with E-state index < -0.39 is 6.04 Å². The van der Waals surface area contributed by atoms with Crippen LogP contribution in [0.25, 0.3) is 0 Å². The fraction of sp³-hybridized carbons (Fsp3) is 0.467. The number of nitrogens with one attached hydrogen (secondary N) is 2. The summed E-state index contributed by atoms with van der Waals surface area (Å²) in [5.74, 6) is -0.306. The first-order valence-electron chi connectivity index (χ1n) is 6.87. The lowest BCUT2D eigenvalue weighted by Crippen LogP contribution is -2.37. The second-order valence-corrected chi connectivity index (χ2v) is 4.99. The molecule has 1 rings (SSSR count). The van der Waals surface area contributed by atoms with Gasteiger partial charge in [-0.3, -0.25) is 9.59 Å². The quantitative estimate of drug-likeness (QED) is 0.730. The Labute approximate surface area is 119 Å². The van der Waals surface area contributed by atoms with E-state index in [1.54, 1.807) is 25.1 Å². The smallest absolute Gasteiger partial charge is 0.251 e. The number of hydrogen-bond donors (Lipinski definition) is 3. The van der Waals surface area contributed by atoms with Gasteiger partial charge in [-0.05, 0) is 38.0 Å². The van der Waals surface area contributed by atoms with E-state index in [-0.39, 0.29) is 17.9 Å². The molecule has 0 aliphatic carbocycles. The van der Waals surface area contributed by atoms with Crippen LogP contribution in [0.1, 0.15) is 43.1 Å². The van der Waals surface area contributed by atoms with Gasteiger partial charge in [-0.15, -0.1) is 0 Å². The number of rotatable bonds is 6. The Morgan fingerprint density at radius 3 is 2.60 bits per heavy atom. The fourth-order valence-electron chi connectivity index (χ4n) is 1.58. The van der Waals surface area contributed by atoms with Crippen LogP contribution in [0, 0.1) is 0 Å². The van der Waals surface area contributed by atoms with Crippen LogP contribution >= 0.6 is 0 Å². The Balaban J connectivity index is 2.66. The summed E-state index contributed by atoms with van der Waals surface area (Å²) in [5.41, 5.74) is 6.94. The molecule has 2 amide bonds. The highest BCUT2D eigenvalue weighted by molar-refractivity contribution is 5.94. The molecule has 0 spiro atoms. The van der Waals surface area contributed by atoms with Crippen molar-refractivity contribution in [2.24, 2.45) is 5.73 Å². The largest absolute Gasteiger partial charge is 0.351 e. The van der Waals surface area contributed by atoms with E-state index in [1.807, 2.05) is 19.9 Å². The van der Waals surface area contributed by atoms with Crippen molar-refractivity contribution in [1.29, 1.82) is 0 Å². The van der Waals surface area contributed by atoms with E-state index in [4.69, 9.17) is 5.73 Å². The van der Waals surface area contributed by atoms with Gasteiger partial charge in [-0.1, -0.05) is 19.1 Å². The van der Waals surface area contributed by atoms with Crippen LogP contribution in [-0.4, -0.2) is 23.9 Å². The van der Waals surface area contributed by atoms with Crippen molar-refractivity contribution in [3.63, 3.8) is 0 Å². The molecule has 0 saturated carbocycles. The van der Waals surface area contributed by atoms with Crippen LogP contribution in [0.2, 0.25) is 0 Å². The van der Waals surface area contributed by atoms with E-state index in [0.29, 0.717) is 12.1 Å². The van der Waals surface area contributed by atoms with Gasteiger partial charge in [0.1, 0.15) is 0 Å². The third kappa shape index (κ3) is 5.01. The average molecular weight is 277 g/mol. The molecule has 1 aromatic rings. The zero-order valence-corrected chi connectivity index (χ0v) is 12.3. The lowest BCUT2D eigenvalue weighted by Gasteiger charge is -2.12. The van der Waals surface area contributed by atoms with Crippen LogP contribution in [0.3, 0.4) is 0 Å². The number of carbonyl (C=O) groups excluding carboxylic acids is 2. The van der Waals surface area contributed by atoms with E-state index in [0.717, 1.165) is 12.0 Å². The van der Waals surface area contributed by atoms with Crippen molar-refractivity contribution < 1.29 is 9.59 Å². The second kappa shape index (κ2) is 7.65. The Kier molecular flexibility index (Phi) is 6.18. The Morgan fingerprint density at radius 1 is 1.30 bits per heavy atom. The summed E-state index contributed by atoms with van der Waals surface area (Å²) >= 11 is 0. The molecule has 5 nitrogen and oxygen atoms in total. The molecule has 0 fully saturated rings. The molecule has 1 unspecified atom stereocenters. The first-order valence-corrected chi connectivity index (χ1v) is 6.87. The van der Waals surface area contributed by atoms with Gasteiger partial charge in [0, 0.05) is 18.2 Å². The minimum atomic E-state index is -0.535. The van der Waals surface area contributed by atoms with Gasteiger partial charge < -0.3 is 16.4 Å². The van der Waals surface area contributed by atoms with Crippen molar-refractivity contribution in [3.8, 4) is 0 Å². The van der Waals surface area contributed by atoms with Gasteiger partial charge in [-0.2, -0.15) is 0 Å². The summed E-state index contributed by atoms with van der Waals surface area (Å²) in [5, 5.41) is 5.63. The highest BCUT2D eigenvalue weighted by Crippen LogP contribution is 2.06. The second-order valence-electron chi connectivity index (χ2n) is 4.99. The van der Waals surface area contributed by atoms with Crippen molar-refractivity contribution in [1.82, 2.24) is 10.6 Å². The summed E-state index contributed by atoms with van der Waals surface area (Å²) in [4.78, 5) is 23.4. The number of nitrogens with two attached hydrogens (primary N) is 1. The normalized spacial score (nSPS) is 13.4. The summed E-state index contributed by atoms with van der Waals surface area (Å²) in [6, 6.07) is 6.81. The Hall–Kier alpha value is -1.88. The van der Waals surface area contributed by atoms with Crippen LogP contribution in [0.15, 0.2) is 24.3 Å². The van der Waals surface area contributed by atoms with Gasteiger partial charge in [0.2, 0.25) is 5.91 Å². The molecule has 0 radical (unpaired) electrons. The zero-order valence-electron chi connectivity index (χ0n) is 12.3.